The fourth-order valence-electron chi connectivity index (χ4n) is 1.64. The SMILES string of the molecule is CC(C)CNc1nnc(SCC(=O)NCc2ccccc2Cl)s1. The number of thioether (sulfide) groups is 1. The van der Waals surface area contributed by atoms with Crippen LogP contribution in [-0.2, 0) is 11.3 Å². The summed E-state index contributed by atoms with van der Waals surface area (Å²) in [7, 11) is 0. The van der Waals surface area contributed by atoms with E-state index < -0.39 is 0 Å². The summed E-state index contributed by atoms with van der Waals surface area (Å²) in [4.78, 5) is 11.9. The van der Waals surface area contributed by atoms with Crippen LogP contribution in [0.15, 0.2) is 28.6 Å². The molecule has 2 rings (SSSR count). The van der Waals surface area contributed by atoms with Gasteiger partial charge in [-0.2, -0.15) is 0 Å². The molecule has 2 N–H and O–H groups in total. The molecule has 2 aromatic rings. The third kappa shape index (κ3) is 6.37. The highest BCUT2D eigenvalue weighted by Gasteiger charge is 2.09. The third-order valence-corrected chi connectivity index (χ3v) is 5.21. The number of halogens is 1. The van der Waals surface area contributed by atoms with Crippen LogP contribution in [0.5, 0.6) is 0 Å². The highest BCUT2D eigenvalue weighted by molar-refractivity contribution is 8.01. The van der Waals surface area contributed by atoms with Crippen LogP contribution in [-0.4, -0.2) is 28.4 Å². The molecule has 0 saturated carbocycles. The lowest BCUT2D eigenvalue weighted by molar-refractivity contribution is -0.118. The first kappa shape index (κ1) is 18.0. The summed E-state index contributed by atoms with van der Waals surface area (Å²) in [6.45, 7) is 5.55. The van der Waals surface area contributed by atoms with Gasteiger partial charge in [0.25, 0.3) is 0 Å². The summed E-state index contributed by atoms with van der Waals surface area (Å²) in [5, 5.41) is 15.6. The molecule has 0 atom stereocenters. The summed E-state index contributed by atoms with van der Waals surface area (Å²) < 4.78 is 0.782. The molecule has 0 unspecified atom stereocenters. The van der Waals surface area contributed by atoms with E-state index >= 15 is 0 Å². The van der Waals surface area contributed by atoms with Crippen molar-refractivity contribution in [2.45, 2.75) is 24.7 Å². The normalized spacial score (nSPS) is 10.8. The van der Waals surface area contributed by atoms with E-state index in [9.17, 15) is 4.79 Å². The molecule has 0 aliphatic heterocycles. The van der Waals surface area contributed by atoms with Crippen LogP contribution >= 0.6 is 34.7 Å². The van der Waals surface area contributed by atoms with Crippen LogP contribution in [0.1, 0.15) is 19.4 Å². The molecule has 0 aliphatic rings. The Morgan fingerprint density at radius 2 is 2.13 bits per heavy atom. The zero-order valence-electron chi connectivity index (χ0n) is 13.0. The molecule has 5 nitrogen and oxygen atoms in total. The van der Waals surface area contributed by atoms with Gasteiger partial charge in [0.05, 0.1) is 5.75 Å². The molecule has 0 spiro atoms. The van der Waals surface area contributed by atoms with Crippen molar-refractivity contribution in [1.29, 1.82) is 0 Å². The number of carbonyl (C=O) groups is 1. The molecule has 124 valence electrons. The average molecular weight is 371 g/mol. The highest BCUT2D eigenvalue weighted by Crippen LogP contribution is 2.25. The van der Waals surface area contributed by atoms with Crippen molar-refractivity contribution in [2.24, 2.45) is 5.92 Å². The van der Waals surface area contributed by atoms with E-state index in [1.165, 1.54) is 23.1 Å². The predicted octanol–water partition coefficient (Wildman–Crippen LogP) is 3.67. The van der Waals surface area contributed by atoms with Crippen LogP contribution in [0, 0.1) is 5.92 Å². The van der Waals surface area contributed by atoms with Crippen LogP contribution in [0.2, 0.25) is 5.02 Å². The maximum absolute atomic E-state index is 11.9. The number of benzene rings is 1. The number of rotatable bonds is 8. The molecule has 0 bridgehead atoms. The topological polar surface area (TPSA) is 66.9 Å². The Morgan fingerprint density at radius 3 is 2.87 bits per heavy atom. The second kappa shape index (κ2) is 9.10. The lowest BCUT2D eigenvalue weighted by atomic mass is 10.2. The summed E-state index contributed by atoms with van der Waals surface area (Å²) in [5.74, 6) is 0.802. The van der Waals surface area contributed by atoms with Crippen molar-refractivity contribution in [3.05, 3.63) is 34.9 Å². The fourth-order valence-corrected chi connectivity index (χ4v) is 3.44. The van der Waals surface area contributed by atoms with Gasteiger partial charge in [0.15, 0.2) is 4.34 Å². The summed E-state index contributed by atoms with van der Waals surface area (Å²) >= 11 is 8.90. The lowest BCUT2D eigenvalue weighted by Gasteiger charge is -2.06. The zero-order valence-corrected chi connectivity index (χ0v) is 15.4. The van der Waals surface area contributed by atoms with E-state index in [1.807, 2.05) is 24.3 Å². The Bertz CT molecular complexity index is 648. The van der Waals surface area contributed by atoms with E-state index in [0.717, 1.165) is 21.6 Å². The van der Waals surface area contributed by atoms with Crippen molar-refractivity contribution in [2.75, 3.05) is 17.6 Å². The van der Waals surface area contributed by atoms with Crippen LogP contribution in [0.4, 0.5) is 5.13 Å². The molecule has 0 saturated heterocycles. The molecular weight excluding hydrogens is 352 g/mol. The van der Waals surface area contributed by atoms with E-state index in [-0.39, 0.29) is 5.91 Å². The van der Waals surface area contributed by atoms with Gasteiger partial charge in [0.2, 0.25) is 11.0 Å². The summed E-state index contributed by atoms with van der Waals surface area (Å²) in [5.41, 5.74) is 0.906. The number of carbonyl (C=O) groups excluding carboxylic acids is 1. The first-order chi connectivity index (χ1) is 11.0. The number of hydrogen-bond donors (Lipinski definition) is 2. The van der Waals surface area contributed by atoms with Gasteiger partial charge in [-0.25, -0.2) is 0 Å². The van der Waals surface area contributed by atoms with E-state index in [2.05, 4.69) is 34.7 Å². The minimum absolute atomic E-state index is 0.0539. The number of hydrogen-bond acceptors (Lipinski definition) is 6. The van der Waals surface area contributed by atoms with Crippen molar-refractivity contribution >= 4 is 45.7 Å². The Morgan fingerprint density at radius 1 is 1.35 bits per heavy atom. The molecular formula is C15H19ClN4OS2. The molecule has 23 heavy (non-hydrogen) atoms. The smallest absolute Gasteiger partial charge is 0.230 e. The summed E-state index contributed by atoms with van der Waals surface area (Å²) in [6, 6.07) is 7.47. The molecule has 8 heteroatoms. The van der Waals surface area contributed by atoms with Gasteiger partial charge in [0, 0.05) is 18.1 Å². The van der Waals surface area contributed by atoms with Gasteiger partial charge in [-0.05, 0) is 17.5 Å². The van der Waals surface area contributed by atoms with Crippen LogP contribution in [0.25, 0.3) is 0 Å². The number of aromatic nitrogens is 2. The van der Waals surface area contributed by atoms with Gasteiger partial charge in [0.1, 0.15) is 0 Å². The number of nitrogens with one attached hydrogen (secondary N) is 2. The molecule has 1 amide bonds. The van der Waals surface area contributed by atoms with Gasteiger partial charge >= 0.3 is 0 Å². The molecule has 0 radical (unpaired) electrons. The second-order valence-corrected chi connectivity index (χ2v) is 7.91. The van der Waals surface area contributed by atoms with Crippen molar-refractivity contribution in [1.82, 2.24) is 15.5 Å². The quantitative estimate of drug-likeness (QED) is 0.694. The number of nitrogens with zero attached hydrogens (tertiary/aromatic N) is 2. The number of anilines is 1. The third-order valence-electron chi connectivity index (χ3n) is 2.83. The van der Waals surface area contributed by atoms with E-state index in [1.54, 1.807) is 0 Å². The van der Waals surface area contributed by atoms with E-state index in [0.29, 0.717) is 23.2 Å². The largest absolute Gasteiger partial charge is 0.360 e. The Balaban J connectivity index is 1.73. The minimum Gasteiger partial charge on any atom is -0.360 e. The molecule has 0 aliphatic carbocycles. The summed E-state index contributed by atoms with van der Waals surface area (Å²) in [6.07, 6.45) is 0. The first-order valence-electron chi connectivity index (χ1n) is 7.25. The lowest BCUT2D eigenvalue weighted by Crippen LogP contribution is -2.24. The van der Waals surface area contributed by atoms with Crippen molar-refractivity contribution in [3.8, 4) is 0 Å². The second-order valence-electron chi connectivity index (χ2n) is 5.30. The van der Waals surface area contributed by atoms with E-state index in [4.69, 9.17) is 11.6 Å². The predicted molar refractivity (Wildman–Crippen MR) is 97.3 cm³/mol. The maximum Gasteiger partial charge on any atom is 0.230 e. The molecule has 1 aromatic heterocycles. The average Bonchev–Trinajstić information content (AvgIpc) is 2.98. The maximum atomic E-state index is 11.9. The van der Waals surface area contributed by atoms with Crippen molar-refractivity contribution < 1.29 is 4.79 Å². The first-order valence-corrected chi connectivity index (χ1v) is 9.43. The van der Waals surface area contributed by atoms with Gasteiger partial charge < -0.3 is 10.6 Å². The number of amides is 1. The van der Waals surface area contributed by atoms with Gasteiger partial charge in [-0.3, -0.25) is 4.79 Å². The Hall–Kier alpha value is -1.31. The monoisotopic (exact) mass is 370 g/mol. The molecule has 1 heterocycles. The molecule has 1 aromatic carbocycles. The Kier molecular flexibility index (Phi) is 7.14. The Labute approximate surface area is 149 Å². The van der Waals surface area contributed by atoms with Crippen LogP contribution in [0.3, 0.4) is 0 Å². The zero-order chi connectivity index (χ0) is 16.7. The van der Waals surface area contributed by atoms with Crippen LogP contribution < -0.4 is 10.6 Å². The minimum atomic E-state index is -0.0539. The molecule has 0 fully saturated rings. The highest BCUT2D eigenvalue weighted by atomic mass is 35.5. The van der Waals surface area contributed by atoms with Gasteiger partial charge in [-0.15, -0.1) is 10.2 Å². The fraction of sp³-hybridized carbons (Fsp3) is 0.400. The van der Waals surface area contributed by atoms with Gasteiger partial charge in [-0.1, -0.05) is 66.7 Å². The van der Waals surface area contributed by atoms with Crippen molar-refractivity contribution in [3.63, 3.8) is 0 Å². The standard InChI is InChI=1S/C15H19ClN4OS2/c1-10(2)7-18-14-19-20-15(23-14)22-9-13(21)17-8-11-5-3-4-6-12(11)16/h3-6,10H,7-9H2,1-2H3,(H,17,21)(H,18,19).